The molecule has 1 amide bonds. The summed E-state index contributed by atoms with van der Waals surface area (Å²) in [5.74, 6) is 1.09. The number of nitrogens with zero attached hydrogens (tertiary/aromatic N) is 2. The SMILES string of the molecule is COc1ccc(C2c3c(oc4cc(OC)ccc4c3=O)C(=O)N2CCN(C)C)cc1. The number of methoxy groups -OCH3 is 2. The number of hydrogen-bond donors (Lipinski definition) is 0. The van der Waals surface area contributed by atoms with Crippen molar-refractivity contribution in [3.63, 3.8) is 0 Å². The van der Waals surface area contributed by atoms with Crippen LogP contribution in [0, 0.1) is 0 Å². The van der Waals surface area contributed by atoms with Crippen LogP contribution in [-0.4, -0.2) is 57.1 Å². The van der Waals surface area contributed by atoms with Gasteiger partial charge in [0.05, 0.1) is 31.2 Å². The molecular formula is C23H24N2O5. The molecule has 7 nitrogen and oxygen atoms in total. The minimum absolute atomic E-state index is 0.0975. The van der Waals surface area contributed by atoms with Crippen molar-refractivity contribution in [2.24, 2.45) is 0 Å². The zero-order chi connectivity index (χ0) is 21.4. The molecule has 1 aliphatic heterocycles. The highest BCUT2D eigenvalue weighted by molar-refractivity contribution is 5.99. The van der Waals surface area contributed by atoms with Gasteiger partial charge in [-0.15, -0.1) is 0 Å². The largest absolute Gasteiger partial charge is 0.497 e. The molecule has 1 unspecified atom stereocenters. The molecule has 0 saturated heterocycles. The van der Waals surface area contributed by atoms with E-state index < -0.39 is 6.04 Å². The highest BCUT2D eigenvalue weighted by Gasteiger charge is 2.42. The molecule has 0 aliphatic carbocycles. The summed E-state index contributed by atoms with van der Waals surface area (Å²) in [4.78, 5) is 30.4. The molecule has 4 rings (SSSR count). The lowest BCUT2D eigenvalue weighted by Crippen LogP contribution is -2.35. The molecule has 0 spiro atoms. The summed E-state index contributed by atoms with van der Waals surface area (Å²) in [5, 5.41) is 0.426. The van der Waals surface area contributed by atoms with Crippen molar-refractivity contribution in [2.45, 2.75) is 6.04 Å². The number of carbonyl (C=O) groups is 1. The standard InChI is InChI=1S/C23H24N2O5/c1-24(2)11-12-25-20(14-5-7-15(28-3)8-6-14)19-21(26)17-10-9-16(29-4)13-18(17)30-22(19)23(25)27/h5-10,13,20H,11-12H2,1-4H3. The molecule has 2 aromatic carbocycles. The van der Waals surface area contributed by atoms with Gasteiger partial charge in [-0.3, -0.25) is 9.59 Å². The van der Waals surface area contributed by atoms with E-state index in [2.05, 4.69) is 0 Å². The number of likely N-dealkylation sites (N-methyl/N-ethyl adjacent to an activating group) is 1. The van der Waals surface area contributed by atoms with E-state index in [1.165, 1.54) is 0 Å². The van der Waals surface area contributed by atoms with Crippen molar-refractivity contribution >= 4 is 16.9 Å². The Bertz CT molecular complexity index is 1150. The van der Waals surface area contributed by atoms with Gasteiger partial charge in [0.25, 0.3) is 5.91 Å². The van der Waals surface area contributed by atoms with Crippen LogP contribution in [0.5, 0.6) is 11.5 Å². The van der Waals surface area contributed by atoms with E-state index in [0.29, 0.717) is 41.1 Å². The summed E-state index contributed by atoms with van der Waals surface area (Å²) in [5.41, 5.74) is 1.35. The summed E-state index contributed by atoms with van der Waals surface area (Å²) >= 11 is 0. The number of fused-ring (bicyclic) bond motifs is 2. The van der Waals surface area contributed by atoms with Gasteiger partial charge >= 0.3 is 0 Å². The van der Waals surface area contributed by atoms with Gasteiger partial charge in [0.1, 0.15) is 17.1 Å². The van der Waals surface area contributed by atoms with Gasteiger partial charge in [-0.05, 0) is 43.9 Å². The Labute approximate surface area is 174 Å². The Hall–Kier alpha value is -3.32. The molecule has 0 N–H and O–H groups in total. The molecule has 30 heavy (non-hydrogen) atoms. The fourth-order valence-corrected chi connectivity index (χ4v) is 3.80. The van der Waals surface area contributed by atoms with Crippen LogP contribution in [-0.2, 0) is 0 Å². The van der Waals surface area contributed by atoms with Crippen molar-refractivity contribution in [3.05, 3.63) is 69.6 Å². The second-order valence-electron chi connectivity index (χ2n) is 7.51. The summed E-state index contributed by atoms with van der Waals surface area (Å²) < 4.78 is 16.4. The molecule has 1 atom stereocenters. The first-order valence-electron chi connectivity index (χ1n) is 9.69. The zero-order valence-corrected chi connectivity index (χ0v) is 17.5. The predicted octanol–water partition coefficient (Wildman–Crippen LogP) is 2.92. The van der Waals surface area contributed by atoms with Crippen LogP contribution >= 0.6 is 0 Å². The van der Waals surface area contributed by atoms with Gasteiger partial charge in [0, 0.05) is 19.2 Å². The predicted molar refractivity (Wildman–Crippen MR) is 113 cm³/mol. The summed E-state index contributed by atoms with van der Waals surface area (Å²) in [7, 11) is 7.03. The fourth-order valence-electron chi connectivity index (χ4n) is 3.80. The first-order chi connectivity index (χ1) is 14.4. The molecule has 1 aliphatic rings. The average molecular weight is 408 g/mol. The monoisotopic (exact) mass is 408 g/mol. The molecule has 0 fully saturated rings. The topological polar surface area (TPSA) is 72.2 Å². The molecular weight excluding hydrogens is 384 g/mol. The molecule has 3 aromatic rings. The van der Waals surface area contributed by atoms with Crippen LogP contribution in [0.25, 0.3) is 11.0 Å². The van der Waals surface area contributed by atoms with E-state index in [1.54, 1.807) is 37.3 Å². The third-order valence-corrected chi connectivity index (χ3v) is 5.39. The van der Waals surface area contributed by atoms with Crippen molar-refractivity contribution in [2.75, 3.05) is 41.4 Å². The van der Waals surface area contributed by atoms with E-state index in [0.717, 1.165) is 5.56 Å². The minimum atomic E-state index is -0.513. The first-order valence-corrected chi connectivity index (χ1v) is 9.69. The second kappa shape index (κ2) is 7.84. The highest BCUT2D eigenvalue weighted by atomic mass is 16.5. The second-order valence-corrected chi connectivity index (χ2v) is 7.51. The van der Waals surface area contributed by atoms with Crippen LogP contribution in [0.3, 0.4) is 0 Å². The van der Waals surface area contributed by atoms with Crippen LogP contribution in [0.15, 0.2) is 51.7 Å². The Balaban J connectivity index is 1.91. The number of carbonyl (C=O) groups excluding carboxylic acids is 1. The lowest BCUT2D eigenvalue weighted by Gasteiger charge is -2.26. The zero-order valence-electron chi connectivity index (χ0n) is 17.5. The van der Waals surface area contributed by atoms with Gasteiger partial charge in [-0.2, -0.15) is 0 Å². The quantitative estimate of drug-likeness (QED) is 0.625. The molecule has 0 radical (unpaired) electrons. The maximum Gasteiger partial charge on any atom is 0.290 e. The molecule has 1 aromatic heterocycles. The number of rotatable bonds is 6. The van der Waals surface area contributed by atoms with Crippen molar-refractivity contribution in [3.8, 4) is 11.5 Å². The number of hydrogen-bond acceptors (Lipinski definition) is 6. The summed E-state index contributed by atoms with van der Waals surface area (Å²) in [6, 6.07) is 11.9. The summed E-state index contributed by atoms with van der Waals surface area (Å²) in [6.07, 6.45) is 0. The van der Waals surface area contributed by atoms with E-state index in [1.807, 2.05) is 43.3 Å². The third kappa shape index (κ3) is 3.31. The molecule has 2 heterocycles. The molecule has 156 valence electrons. The number of benzene rings is 2. The Kier molecular flexibility index (Phi) is 5.22. The van der Waals surface area contributed by atoms with Crippen molar-refractivity contribution in [1.29, 1.82) is 0 Å². The minimum Gasteiger partial charge on any atom is -0.497 e. The lowest BCUT2D eigenvalue weighted by molar-refractivity contribution is 0.0716. The summed E-state index contributed by atoms with van der Waals surface area (Å²) in [6.45, 7) is 1.12. The van der Waals surface area contributed by atoms with Crippen LogP contribution in [0.2, 0.25) is 0 Å². The normalized spacial score (nSPS) is 15.7. The van der Waals surface area contributed by atoms with Crippen LogP contribution in [0.4, 0.5) is 0 Å². The first kappa shape index (κ1) is 20.0. The molecule has 7 heteroatoms. The van der Waals surface area contributed by atoms with E-state index in [9.17, 15) is 9.59 Å². The lowest BCUT2D eigenvalue weighted by atomic mass is 9.98. The van der Waals surface area contributed by atoms with Gasteiger partial charge < -0.3 is 23.7 Å². The smallest absolute Gasteiger partial charge is 0.290 e. The third-order valence-electron chi connectivity index (χ3n) is 5.39. The van der Waals surface area contributed by atoms with Gasteiger partial charge in [-0.25, -0.2) is 0 Å². The Morgan fingerprint density at radius 1 is 1.00 bits per heavy atom. The Morgan fingerprint density at radius 2 is 1.67 bits per heavy atom. The van der Waals surface area contributed by atoms with E-state index >= 15 is 0 Å². The van der Waals surface area contributed by atoms with E-state index in [4.69, 9.17) is 13.9 Å². The highest BCUT2D eigenvalue weighted by Crippen LogP contribution is 2.38. The average Bonchev–Trinajstić information content (AvgIpc) is 3.04. The maximum atomic E-state index is 13.4. The fraction of sp³-hybridized carbons (Fsp3) is 0.304. The van der Waals surface area contributed by atoms with Crippen LogP contribution in [0.1, 0.15) is 27.7 Å². The van der Waals surface area contributed by atoms with Crippen LogP contribution < -0.4 is 14.9 Å². The molecule has 0 saturated carbocycles. The number of amides is 1. The maximum absolute atomic E-state index is 13.4. The van der Waals surface area contributed by atoms with Gasteiger partial charge in [0.15, 0.2) is 5.43 Å². The van der Waals surface area contributed by atoms with Crippen molar-refractivity contribution < 1.29 is 18.7 Å². The van der Waals surface area contributed by atoms with Gasteiger partial charge in [0.2, 0.25) is 5.76 Å². The number of ether oxygens (including phenoxy) is 2. The van der Waals surface area contributed by atoms with E-state index in [-0.39, 0.29) is 17.1 Å². The Morgan fingerprint density at radius 3 is 2.30 bits per heavy atom. The van der Waals surface area contributed by atoms with Gasteiger partial charge in [-0.1, -0.05) is 12.1 Å². The molecule has 0 bridgehead atoms. The van der Waals surface area contributed by atoms with Crippen molar-refractivity contribution in [1.82, 2.24) is 9.80 Å².